The van der Waals surface area contributed by atoms with Crippen molar-refractivity contribution in [3.05, 3.63) is 0 Å². The molecule has 1 heterocycles. The molecule has 1 rings (SSSR count). The molecule has 0 spiro atoms. The van der Waals surface area contributed by atoms with Crippen molar-refractivity contribution in [3.8, 4) is 0 Å². The van der Waals surface area contributed by atoms with E-state index in [1.807, 2.05) is 6.92 Å². The van der Waals surface area contributed by atoms with E-state index in [0.29, 0.717) is 25.8 Å². The minimum Gasteiger partial charge on any atom is -0.480 e. The Kier molecular flexibility index (Phi) is 7.63. The van der Waals surface area contributed by atoms with Crippen LogP contribution in [0.1, 0.15) is 32.6 Å². The zero-order valence-corrected chi connectivity index (χ0v) is 15.1. The minimum absolute atomic E-state index is 0.0170. The first kappa shape index (κ1) is 21.3. The number of hydrogen-bond acceptors (Lipinski definition) is 6. The van der Waals surface area contributed by atoms with E-state index in [-0.39, 0.29) is 19.4 Å². The summed E-state index contributed by atoms with van der Waals surface area (Å²) in [5.74, 6) is -1.82. The van der Waals surface area contributed by atoms with Crippen LogP contribution >= 0.6 is 0 Å². The second-order valence-corrected chi connectivity index (χ2v) is 8.46. The third-order valence-corrected chi connectivity index (χ3v) is 6.45. The van der Waals surface area contributed by atoms with Crippen LogP contribution in [0.5, 0.6) is 0 Å². The lowest BCUT2D eigenvalue weighted by Gasteiger charge is -2.26. The van der Waals surface area contributed by atoms with Crippen LogP contribution in [-0.2, 0) is 15.0 Å². The summed E-state index contributed by atoms with van der Waals surface area (Å²) in [7, 11) is -3.76. The lowest BCUT2D eigenvalue weighted by atomic mass is 9.78. The van der Waals surface area contributed by atoms with Crippen LogP contribution in [0, 0.1) is 5.92 Å². The number of carbonyl (C=O) groups is 1. The fraction of sp³-hybridized carbons (Fsp3) is 0.923. The highest BCUT2D eigenvalue weighted by Gasteiger charge is 2.52. The van der Waals surface area contributed by atoms with Crippen LogP contribution in [0.4, 0.5) is 0 Å². The Bertz CT molecular complexity index is 532. The van der Waals surface area contributed by atoms with Gasteiger partial charge in [-0.2, -0.15) is 17.0 Å². The summed E-state index contributed by atoms with van der Waals surface area (Å²) >= 11 is 0. The Balaban J connectivity index is 2.87. The van der Waals surface area contributed by atoms with Gasteiger partial charge in [-0.1, -0.05) is 19.8 Å². The zero-order chi connectivity index (χ0) is 18.5. The van der Waals surface area contributed by atoms with Crippen molar-refractivity contribution >= 4 is 23.3 Å². The third kappa shape index (κ3) is 4.90. The molecule has 0 unspecified atom stereocenters. The van der Waals surface area contributed by atoms with Crippen molar-refractivity contribution in [1.29, 1.82) is 0 Å². The van der Waals surface area contributed by atoms with Gasteiger partial charge in [0.05, 0.1) is 0 Å². The van der Waals surface area contributed by atoms with Crippen LogP contribution in [0.2, 0.25) is 6.32 Å². The van der Waals surface area contributed by atoms with Crippen molar-refractivity contribution in [1.82, 2.24) is 8.61 Å². The smallest absolute Gasteiger partial charge is 0.451 e. The van der Waals surface area contributed by atoms with Crippen molar-refractivity contribution in [3.63, 3.8) is 0 Å². The highest BCUT2D eigenvalue weighted by Crippen LogP contribution is 2.32. The molecule has 2 atom stereocenters. The Morgan fingerprint density at radius 2 is 2.04 bits per heavy atom. The van der Waals surface area contributed by atoms with Gasteiger partial charge >= 0.3 is 13.1 Å². The predicted molar refractivity (Wildman–Crippen MR) is 90.3 cm³/mol. The number of carboxylic acid groups (broad SMARTS) is 1. The second-order valence-electron chi connectivity index (χ2n) is 6.43. The Morgan fingerprint density at radius 3 is 2.54 bits per heavy atom. The maximum absolute atomic E-state index is 12.6. The predicted octanol–water partition coefficient (Wildman–Crippen LogP) is -1.07. The van der Waals surface area contributed by atoms with Gasteiger partial charge in [0.25, 0.3) is 10.2 Å². The lowest BCUT2D eigenvalue weighted by molar-refractivity contribution is -0.144. The van der Waals surface area contributed by atoms with Crippen LogP contribution in [0.15, 0.2) is 0 Å². The molecule has 1 aliphatic heterocycles. The molecule has 1 saturated heterocycles. The summed E-state index contributed by atoms with van der Waals surface area (Å²) in [5, 5.41) is 27.3. The summed E-state index contributed by atoms with van der Waals surface area (Å²) in [6, 6.07) is 0. The molecule has 1 aliphatic rings. The van der Waals surface area contributed by atoms with Gasteiger partial charge in [-0.3, -0.25) is 4.79 Å². The van der Waals surface area contributed by atoms with E-state index in [2.05, 4.69) is 0 Å². The number of carboxylic acids is 1. The van der Waals surface area contributed by atoms with Gasteiger partial charge in [0.2, 0.25) is 0 Å². The molecule has 140 valence electrons. The van der Waals surface area contributed by atoms with E-state index in [4.69, 9.17) is 15.8 Å². The third-order valence-electron chi connectivity index (χ3n) is 4.55. The summed E-state index contributed by atoms with van der Waals surface area (Å²) in [6.07, 6.45) is 2.32. The highest BCUT2D eigenvalue weighted by atomic mass is 32.2. The van der Waals surface area contributed by atoms with Crippen molar-refractivity contribution in [2.75, 3.05) is 26.7 Å². The number of hydrogen-bond donors (Lipinski definition) is 4. The largest absolute Gasteiger partial charge is 0.480 e. The van der Waals surface area contributed by atoms with Gasteiger partial charge in [-0.25, -0.2) is 0 Å². The van der Waals surface area contributed by atoms with E-state index in [1.54, 1.807) is 0 Å². The lowest BCUT2D eigenvalue weighted by Crippen LogP contribution is -2.55. The van der Waals surface area contributed by atoms with Gasteiger partial charge in [-0.15, -0.1) is 0 Å². The van der Waals surface area contributed by atoms with Crippen LogP contribution in [-0.4, -0.2) is 77.5 Å². The molecule has 0 aromatic carbocycles. The number of nitrogens with zero attached hydrogens (tertiary/aromatic N) is 2. The number of unbranched alkanes of at least 4 members (excludes halogenated alkanes) is 1. The average molecular weight is 365 g/mol. The summed E-state index contributed by atoms with van der Waals surface area (Å²) < 4.78 is 27.5. The van der Waals surface area contributed by atoms with E-state index in [9.17, 15) is 18.3 Å². The first-order chi connectivity index (χ1) is 11.1. The average Bonchev–Trinajstić information content (AvgIpc) is 2.83. The maximum Gasteiger partial charge on any atom is 0.451 e. The topological polar surface area (TPSA) is 144 Å². The van der Waals surface area contributed by atoms with Gasteiger partial charge in [0.1, 0.15) is 5.54 Å². The molecule has 11 heteroatoms. The van der Waals surface area contributed by atoms with Gasteiger partial charge in [0, 0.05) is 32.6 Å². The van der Waals surface area contributed by atoms with Crippen LogP contribution in [0.25, 0.3) is 0 Å². The molecule has 0 aliphatic carbocycles. The van der Waals surface area contributed by atoms with E-state index in [1.165, 1.54) is 11.4 Å². The van der Waals surface area contributed by atoms with E-state index in [0.717, 1.165) is 10.7 Å². The van der Waals surface area contributed by atoms with Crippen LogP contribution in [0.3, 0.4) is 0 Å². The first-order valence-electron chi connectivity index (χ1n) is 8.15. The number of rotatable bonds is 10. The van der Waals surface area contributed by atoms with E-state index >= 15 is 0 Å². The normalized spacial score (nSPS) is 25.3. The second kappa shape index (κ2) is 8.59. The van der Waals surface area contributed by atoms with Gasteiger partial charge in [0.15, 0.2) is 0 Å². The van der Waals surface area contributed by atoms with Crippen molar-refractivity contribution in [2.24, 2.45) is 11.7 Å². The standard InChI is InChI=1S/C13H28BN3O6S/c1-3-4-8-16(2)24(22,23)17-9-11(6-5-7-14(20)21)13(15,10-17)12(18)19/h11,20-21H,3-10,15H2,1-2H3,(H,18,19)/t11-,13-/m0/s1. The quantitative estimate of drug-likeness (QED) is 0.361. The summed E-state index contributed by atoms with van der Waals surface area (Å²) in [4.78, 5) is 11.6. The molecule has 0 bridgehead atoms. The number of aliphatic carboxylic acids is 1. The Morgan fingerprint density at radius 1 is 1.42 bits per heavy atom. The SMILES string of the molecule is CCCCN(C)S(=O)(=O)N1C[C@H](CCCB(O)O)[C@](N)(C(=O)O)C1. The fourth-order valence-corrected chi connectivity index (χ4v) is 4.40. The molecule has 0 saturated carbocycles. The fourth-order valence-electron chi connectivity index (χ4n) is 2.90. The zero-order valence-electron chi connectivity index (χ0n) is 14.3. The van der Waals surface area contributed by atoms with Crippen LogP contribution < -0.4 is 5.73 Å². The van der Waals surface area contributed by atoms with Crippen molar-refractivity contribution < 1.29 is 28.4 Å². The monoisotopic (exact) mass is 365 g/mol. The molecule has 9 nitrogen and oxygen atoms in total. The molecular formula is C13H28BN3O6S. The molecule has 1 fully saturated rings. The summed E-state index contributed by atoms with van der Waals surface area (Å²) in [5.41, 5.74) is 4.33. The molecule has 0 amide bonds. The molecule has 0 aromatic rings. The van der Waals surface area contributed by atoms with Gasteiger partial charge in [-0.05, 0) is 19.2 Å². The molecule has 0 aromatic heterocycles. The highest BCUT2D eigenvalue weighted by molar-refractivity contribution is 7.86. The molecule has 0 radical (unpaired) electrons. The Hall–Kier alpha value is -0.715. The summed E-state index contributed by atoms with van der Waals surface area (Å²) in [6.45, 7) is 2.05. The maximum atomic E-state index is 12.6. The minimum atomic E-state index is -3.77. The van der Waals surface area contributed by atoms with E-state index < -0.39 is 34.8 Å². The Labute approximate surface area is 143 Å². The van der Waals surface area contributed by atoms with Gasteiger partial charge < -0.3 is 20.9 Å². The van der Waals surface area contributed by atoms with Crippen molar-refractivity contribution in [2.45, 2.75) is 44.5 Å². The first-order valence-corrected chi connectivity index (χ1v) is 9.55. The molecule has 24 heavy (non-hydrogen) atoms. The molecular weight excluding hydrogens is 337 g/mol. The number of nitrogens with two attached hydrogens (primary N) is 1. The molecule has 5 N–H and O–H groups in total.